The van der Waals surface area contributed by atoms with Crippen molar-refractivity contribution in [2.75, 3.05) is 19.9 Å². The number of nitrogens with zero attached hydrogens (tertiary/aromatic N) is 4. The highest BCUT2D eigenvalue weighted by Crippen LogP contribution is 2.36. The quantitative estimate of drug-likeness (QED) is 0.383. The molecule has 1 saturated carbocycles. The number of carbonyl (C=O) groups is 2. The van der Waals surface area contributed by atoms with Crippen LogP contribution in [-0.4, -0.2) is 52.5 Å². The summed E-state index contributed by atoms with van der Waals surface area (Å²) in [7, 11) is 3.17. The van der Waals surface area contributed by atoms with Crippen molar-refractivity contribution in [1.29, 1.82) is 5.26 Å². The summed E-state index contributed by atoms with van der Waals surface area (Å²) in [6.07, 6.45) is 2.81. The monoisotopic (exact) mass is 576 g/mol. The second kappa shape index (κ2) is 12.5. The van der Waals surface area contributed by atoms with Crippen LogP contribution in [0.1, 0.15) is 74.0 Å². The summed E-state index contributed by atoms with van der Waals surface area (Å²) in [6, 6.07) is 13.1. The van der Waals surface area contributed by atoms with E-state index >= 15 is 0 Å². The fraction of sp³-hybridized carbons (Fsp3) is 0.419. The minimum absolute atomic E-state index is 0.0435. The number of nitrogen functional groups attached to an aromatic ring is 1. The maximum atomic E-state index is 13.7. The minimum Gasteiger partial charge on any atom is -0.496 e. The van der Waals surface area contributed by atoms with E-state index in [-0.39, 0.29) is 41.6 Å². The molecule has 0 saturated heterocycles. The van der Waals surface area contributed by atoms with Gasteiger partial charge in [-0.05, 0) is 70.2 Å². The topological polar surface area (TPSA) is 136 Å². The molecule has 11 heteroatoms. The van der Waals surface area contributed by atoms with Crippen LogP contribution >= 0.6 is 0 Å². The highest BCUT2D eigenvalue weighted by atomic mass is 19.1. The highest BCUT2D eigenvalue weighted by Gasteiger charge is 2.33. The molecule has 0 spiro atoms. The molecule has 1 aromatic heterocycles. The Morgan fingerprint density at radius 3 is 2.57 bits per heavy atom. The van der Waals surface area contributed by atoms with Crippen LogP contribution in [0.25, 0.3) is 11.3 Å². The second-order valence-electron chi connectivity index (χ2n) is 11.5. The van der Waals surface area contributed by atoms with Crippen molar-refractivity contribution in [3.05, 3.63) is 65.0 Å². The molecule has 3 aromatic rings. The molecule has 10 nitrogen and oxygen atoms in total. The Morgan fingerprint density at radius 2 is 1.93 bits per heavy atom. The maximum absolute atomic E-state index is 13.7. The average molecular weight is 577 g/mol. The highest BCUT2D eigenvalue weighted by molar-refractivity contribution is 5.96. The van der Waals surface area contributed by atoms with E-state index in [2.05, 4.69) is 11.4 Å². The third-order valence-corrected chi connectivity index (χ3v) is 7.34. The second-order valence-corrected chi connectivity index (χ2v) is 11.5. The summed E-state index contributed by atoms with van der Waals surface area (Å²) in [6.45, 7) is 5.72. The molecule has 2 atom stereocenters. The summed E-state index contributed by atoms with van der Waals surface area (Å²) in [5.41, 5.74) is 8.22. The van der Waals surface area contributed by atoms with Crippen molar-refractivity contribution < 1.29 is 23.5 Å². The first kappa shape index (κ1) is 30.4. The fourth-order valence-corrected chi connectivity index (χ4v) is 5.15. The van der Waals surface area contributed by atoms with Crippen molar-refractivity contribution in [3.63, 3.8) is 0 Å². The Morgan fingerprint density at radius 1 is 1.21 bits per heavy atom. The van der Waals surface area contributed by atoms with Crippen molar-refractivity contribution in [3.8, 4) is 23.1 Å². The smallest absolute Gasteiger partial charge is 0.410 e. The number of nitrogens with one attached hydrogen (secondary N) is 1. The molecule has 0 radical (unpaired) electrons. The zero-order valence-corrected chi connectivity index (χ0v) is 24.6. The van der Waals surface area contributed by atoms with Gasteiger partial charge in [0.1, 0.15) is 40.3 Å². The predicted octanol–water partition coefficient (Wildman–Crippen LogP) is 5.43. The average Bonchev–Trinajstić information content (AvgIpc) is 3.30. The Kier molecular flexibility index (Phi) is 9.05. The van der Waals surface area contributed by atoms with Crippen molar-refractivity contribution in [2.45, 2.75) is 70.7 Å². The van der Waals surface area contributed by atoms with Crippen LogP contribution in [0.15, 0.2) is 42.5 Å². The number of rotatable bonds is 7. The number of anilines is 1. The van der Waals surface area contributed by atoms with Gasteiger partial charge in [0.05, 0.1) is 18.7 Å². The van der Waals surface area contributed by atoms with Crippen LogP contribution in [0.3, 0.4) is 0 Å². The van der Waals surface area contributed by atoms with Gasteiger partial charge in [0.2, 0.25) is 0 Å². The lowest BCUT2D eigenvalue weighted by atomic mass is 9.90. The van der Waals surface area contributed by atoms with E-state index in [1.54, 1.807) is 16.6 Å². The van der Waals surface area contributed by atoms with E-state index < -0.39 is 17.3 Å². The number of benzene rings is 2. The number of hydrogen-bond acceptors (Lipinski definition) is 7. The lowest BCUT2D eigenvalue weighted by Crippen LogP contribution is -2.43. The molecule has 0 unspecified atom stereocenters. The number of carbonyl (C=O) groups excluding carboxylic acids is 2. The Balaban J connectivity index is 1.48. The van der Waals surface area contributed by atoms with Gasteiger partial charge < -0.3 is 25.4 Å². The molecule has 1 aliphatic rings. The van der Waals surface area contributed by atoms with Gasteiger partial charge in [-0.1, -0.05) is 24.3 Å². The van der Waals surface area contributed by atoms with E-state index in [9.17, 15) is 19.2 Å². The first-order valence-electron chi connectivity index (χ1n) is 13.9. The normalized spacial score (nSPS) is 16.8. The Bertz CT molecular complexity index is 1490. The summed E-state index contributed by atoms with van der Waals surface area (Å²) >= 11 is 0. The van der Waals surface area contributed by atoms with E-state index in [0.717, 1.165) is 30.9 Å². The van der Waals surface area contributed by atoms with Gasteiger partial charge in [0, 0.05) is 25.2 Å². The molecule has 42 heavy (non-hydrogen) atoms. The summed E-state index contributed by atoms with van der Waals surface area (Å²) in [5, 5.41) is 17.5. The van der Waals surface area contributed by atoms with E-state index in [4.69, 9.17) is 20.3 Å². The van der Waals surface area contributed by atoms with E-state index in [0.29, 0.717) is 23.5 Å². The molecule has 2 aromatic carbocycles. The molecule has 3 N–H and O–H groups in total. The first-order chi connectivity index (χ1) is 19.9. The standard InChI is InChI=1S/C31H37FN6O4/c1-31(2,3)42-30(40)37(4)22-7-6-8-23(16-22)38-28(34)25(17-33)27(36-38)20-11-9-19(10-12-20)18-35-29(39)24-15-21(32)13-14-26(24)41-5/h9-15,22-23H,6-8,16,18,34H2,1-5H3,(H,35,39)/t22-,23+/m0/s1. The SMILES string of the molecule is COc1ccc(F)cc1C(=O)NCc1ccc(-c2nn([C@@H]3CCC[C@H](N(C)C(=O)OC(C)(C)C)C3)c(N)c2C#N)cc1. The van der Waals surface area contributed by atoms with Gasteiger partial charge in [0.25, 0.3) is 5.91 Å². The van der Waals surface area contributed by atoms with Crippen LogP contribution in [0.2, 0.25) is 0 Å². The summed E-state index contributed by atoms with van der Waals surface area (Å²) in [4.78, 5) is 26.9. The number of hydrogen-bond donors (Lipinski definition) is 2. The number of nitriles is 1. The molecule has 1 aliphatic carbocycles. The van der Waals surface area contributed by atoms with Crippen molar-refractivity contribution >= 4 is 17.8 Å². The van der Waals surface area contributed by atoms with Gasteiger partial charge in [-0.25, -0.2) is 13.9 Å². The molecule has 222 valence electrons. The van der Waals surface area contributed by atoms with Gasteiger partial charge >= 0.3 is 6.09 Å². The maximum Gasteiger partial charge on any atom is 0.410 e. The molecule has 0 bridgehead atoms. The van der Waals surface area contributed by atoms with E-state index in [1.165, 1.54) is 19.2 Å². The molecule has 1 fully saturated rings. The zero-order chi connectivity index (χ0) is 30.6. The van der Waals surface area contributed by atoms with Crippen LogP contribution < -0.4 is 15.8 Å². The fourth-order valence-electron chi connectivity index (χ4n) is 5.15. The van der Waals surface area contributed by atoms with Crippen LogP contribution in [-0.2, 0) is 11.3 Å². The van der Waals surface area contributed by atoms with Crippen molar-refractivity contribution in [2.24, 2.45) is 0 Å². The Labute approximate surface area is 245 Å². The number of methoxy groups -OCH3 is 1. The third-order valence-electron chi connectivity index (χ3n) is 7.34. The van der Waals surface area contributed by atoms with Crippen LogP contribution in [0.4, 0.5) is 15.0 Å². The van der Waals surface area contributed by atoms with Gasteiger partial charge in [-0.3, -0.25) is 4.79 Å². The number of nitrogens with two attached hydrogens (primary N) is 1. The first-order valence-corrected chi connectivity index (χ1v) is 13.9. The minimum atomic E-state index is -0.585. The molecule has 4 rings (SSSR count). The summed E-state index contributed by atoms with van der Waals surface area (Å²) in [5.74, 6) is -0.423. The lowest BCUT2D eigenvalue weighted by molar-refractivity contribution is 0.0165. The Hall–Kier alpha value is -4.59. The lowest BCUT2D eigenvalue weighted by Gasteiger charge is -2.36. The predicted molar refractivity (Wildman–Crippen MR) is 156 cm³/mol. The zero-order valence-electron chi connectivity index (χ0n) is 24.6. The van der Waals surface area contributed by atoms with Crippen LogP contribution in [0.5, 0.6) is 5.75 Å². The molecular weight excluding hydrogens is 539 g/mol. The van der Waals surface area contributed by atoms with Crippen LogP contribution in [0, 0.1) is 17.1 Å². The summed E-state index contributed by atoms with van der Waals surface area (Å²) < 4.78 is 26.1. The third kappa shape index (κ3) is 6.82. The number of halogens is 1. The molecule has 2 amide bonds. The molecule has 1 heterocycles. The van der Waals surface area contributed by atoms with Crippen molar-refractivity contribution in [1.82, 2.24) is 20.0 Å². The van der Waals surface area contributed by atoms with Gasteiger partial charge in [-0.15, -0.1) is 0 Å². The molecular formula is C31H37FN6O4. The van der Waals surface area contributed by atoms with E-state index in [1.807, 2.05) is 45.0 Å². The molecule has 0 aliphatic heterocycles. The van der Waals surface area contributed by atoms with Gasteiger partial charge in [-0.2, -0.15) is 10.4 Å². The largest absolute Gasteiger partial charge is 0.496 e. The number of amides is 2. The number of ether oxygens (including phenoxy) is 2. The van der Waals surface area contributed by atoms with Gasteiger partial charge in [0.15, 0.2) is 0 Å². The number of aromatic nitrogens is 2.